The molecular weight excluding hydrogens is 478 g/mol. The zero-order valence-electron chi connectivity index (χ0n) is 19.0. The van der Waals surface area contributed by atoms with Crippen molar-refractivity contribution in [2.24, 2.45) is 5.92 Å². The Morgan fingerprint density at radius 1 is 1.24 bits per heavy atom. The van der Waals surface area contributed by atoms with Crippen molar-refractivity contribution in [3.63, 3.8) is 0 Å². The van der Waals surface area contributed by atoms with Gasteiger partial charge in [0, 0.05) is 44.8 Å². The molecule has 1 N–H and O–H groups in total. The van der Waals surface area contributed by atoms with Crippen LogP contribution in [-0.4, -0.2) is 63.3 Å². The van der Waals surface area contributed by atoms with Gasteiger partial charge in [-0.3, -0.25) is 4.79 Å². The smallest absolute Gasteiger partial charge is 0.368 e. The van der Waals surface area contributed by atoms with Gasteiger partial charge in [0.2, 0.25) is 5.95 Å². The predicted molar refractivity (Wildman–Crippen MR) is 118 cm³/mol. The van der Waals surface area contributed by atoms with Gasteiger partial charge in [-0.1, -0.05) is 13.8 Å². The van der Waals surface area contributed by atoms with E-state index < -0.39 is 43.9 Å². The first-order valence-corrected chi connectivity index (χ1v) is 12.3. The van der Waals surface area contributed by atoms with Crippen molar-refractivity contribution in [3.05, 3.63) is 41.5 Å². The molecule has 2 aromatic rings. The molecule has 34 heavy (non-hydrogen) atoms. The number of hydrogen-bond acceptors (Lipinski definition) is 7. The first-order chi connectivity index (χ1) is 15.7. The van der Waals surface area contributed by atoms with E-state index in [-0.39, 0.29) is 24.5 Å². The second-order valence-electron chi connectivity index (χ2n) is 8.35. The summed E-state index contributed by atoms with van der Waals surface area (Å²) in [4.78, 5) is 22.7. The highest BCUT2D eigenvalue weighted by atomic mass is 32.2. The van der Waals surface area contributed by atoms with Gasteiger partial charge in [-0.25, -0.2) is 22.8 Å². The summed E-state index contributed by atoms with van der Waals surface area (Å²) in [5.74, 6) is -2.00. The van der Waals surface area contributed by atoms with E-state index in [0.717, 1.165) is 18.5 Å². The minimum Gasteiger partial charge on any atom is -0.368 e. The molecular formula is C21H25F4N5O3S. The summed E-state index contributed by atoms with van der Waals surface area (Å²) < 4.78 is 78.7. The number of sulfone groups is 1. The third kappa shape index (κ3) is 5.24. The number of alkyl halides is 3. The molecule has 1 fully saturated rings. The van der Waals surface area contributed by atoms with Gasteiger partial charge in [0.25, 0.3) is 5.91 Å². The molecule has 186 valence electrons. The highest BCUT2D eigenvalue weighted by Gasteiger charge is 2.39. The van der Waals surface area contributed by atoms with E-state index in [1.165, 1.54) is 19.2 Å². The fraction of sp³-hybridized carbons (Fsp3) is 0.476. The molecule has 0 unspecified atom stereocenters. The van der Waals surface area contributed by atoms with Gasteiger partial charge in [0.05, 0.1) is 11.6 Å². The first-order valence-electron chi connectivity index (χ1n) is 10.4. The number of halogens is 4. The normalized spacial score (nSPS) is 17.3. The van der Waals surface area contributed by atoms with Gasteiger partial charge in [-0.05, 0) is 24.1 Å². The van der Waals surface area contributed by atoms with Crippen LogP contribution < -0.4 is 15.1 Å². The Hall–Kier alpha value is -2.96. The Morgan fingerprint density at radius 3 is 2.47 bits per heavy atom. The molecule has 1 atom stereocenters. The highest BCUT2D eigenvalue weighted by molar-refractivity contribution is 7.90. The maximum atomic E-state index is 14.0. The third-order valence-electron chi connectivity index (χ3n) is 5.64. The third-order valence-corrected chi connectivity index (χ3v) is 6.75. The van der Waals surface area contributed by atoms with Gasteiger partial charge < -0.3 is 15.1 Å². The lowest BCUT2D eigenvalue weighted by Crippen LogP contribution is -2.56. The van der Waals surface area contributed by atoms with Crippen LogP contribution in [0.25, 0.3) is 0 Å². The zero-order valence-corrected chi connectivity index (χ0v) is 19.8. The fourth-order valence-electron chi connectivity index (χ4n) is 3.86. The van der Waals surface area contributed by atoms with E-state index in [2.05, 4.69) is 15.3 Å². The van der Waals surface area contributed by atoms with Gasteiger partial charge in [0.1, 0.15) is 10.7 Å². The lowest BCUT2D eigenvalue weighted by Gasteiger charge is -2.44. The second kappa shape index (κ2) is 9.35. The number of nitrogens with one attached hydrogen (secondary N) is 1. The molecule has 1 aromatic carbocycles. The molecule has 0 spiro atoms. The highest BCUT2D eigenvalue weighted by Crippen LogP contribution is 2.33. The topological polar surface area (TPSA) is 95.5 Å². The lowest BCUT2D eigenvalue weighted by atomic mass is 9.99. The van der Waals surface area contributed by atoms with Gasteiger partial charge in [-0.2, -0.15) is 13.2 Å². The van der Waals surface area contributed by atoms with Crippen LogP contribution in [0.4, 0.5) is 29.2 Å². The lowest BCUT2D eigenvalue weighted by molar-refractivity contribution is -0.141. The van der Waals surface area contributed by atoms with Crippen molar-refractivity contribution < 1.29 is 30.8 Å². The van der Waals surface area contributed by atoms with Crippen LogP contribution in [-0.2, 0) is 16.0 Å². The largest absolute Gasteiger partial charge is 0.434 e. The van der Waals surface area contributed by atoms with Crippen molar-refractivity contribution >= 4 is 27.4 Å². The Bertz CT molecular complexity index is 1190. The number of rotatable bonds is 5. The summed E-state index contributed by atoms with van der Waals surface area (Å²) in [5, 5.41) is 2.15. The van der Waals surface area contributed by atoms with E-state index in [0.29, 0.717) is 18.8 Å². The molecule has 1 amide bonds. The van der Waals surface area contributed by atoms with E-state index in [9.17, 15) is 30.8 Å². The van der Waals surface area contributed by atoms with Crippen LogP contribution in [0.3, 0.4) is 0 Å². The van der Waals surface area contributed by atoms with Crippen molar-refractivity contribution in [1.29, 1.82) is 0 Å². The average molecular weight is 504 g/mol. The first kappa shape index (κ1) is 25.7. The zero-order chi connectivity index (χ0) is 25.4. The van der Waals surface area contributed by atoms with Gasteiger partial charge in [0.15, 0.2) is 15.5 Å². The molecule has 0 radical (unpaired) electrons. The van der Waals surface area contributed by atoms with E-state index in [1.807, 2.05) is 18.7 Å². The molecule has 0 aliphatic carbocycles. The van der Waals surface area contributed by atoms with Crippen molar-refractivity contribution in [1.82, 2.24) is 15.3 Å². The molecule has 1 aromatic heterocycles. The average Bonchev–Trinajstić information content (AvgIpc) is 2.76. The number of amides is 1. The monoisotopic (exact) mass is 503 g/mol. The Kier molecular flexibility index (Phi) is 7.06. The van der Waals surface area contributed by atoms with Crippen LogP contribution in [0.2, 0.25) is 0 Å². The van der Waals surface area contributed by atoms with Crippen LogP contribution in [0.5, 0.6) is 0 Å². The van der Waals surface area contributed by atoms with E-state index in [4.69, 9.17) is 0 Å². The summed E-state index contributed by atoms with van der Waals surface area (Å²) in [6, 6.07) is 3.47. The summed E-state index contributed by atoms with van der Waals surface area (Å²) in [6.07, 6.45) is -3.07. The molecule has 1 saturated heterocycles. The predicted octanol–water partition coefficient (Wildman–Crippen LogP) is 2.75. The summed E-state index contributed by atoms with van der Waals surface area (Å²) in [5.41, 5.74) is -1.50. The standard InChI is InChI=1S/C21H25F4N5O3S/c1-12(2)16-11-29(13-5-6-15(22)17(9-13)34(4,32)33)7-8-30(16)20-27-10-14(19(31)26-3)18(28-20)21(23,24)25/h5-6,9-10,12,16H,7-8,11H2,1-4H3,(H,26,31)/t16-/m0/s1. The second-order valence-corrected chi connectivity index (χ2v) is 10.3. The minimum atomic E-state index is -4.86. The van der Waals surface area contributed by atoms with Gasteiger partial charge in [-0.15, -0.1) is 0 Å². The van der Waals surface area contributed by atoms with Crippen molar-refractivity contribution in [3.8, 4) is 0 Å². The number of aromatic nitrogens is 2. The van der Waals surface area contributed by atoms with Crippen LogP contribution in [0.1, 0.15) is 29.9 Å². The number of nitrogens with zero attached hydrogens (tertiary/aromatic N) is 4. The Balaban J connectivity index is 1.96. The Morgan fingerprint density at radius 2 is 1.91 bits per heavy atom. The molecule has 0 bridgehead atoms. The number of piperazine rings is 1. The summed E-state index contributed by atoms with van der Waals surface area (Å²) in [7, 11) is -2.56. The van der Waals surface area contributed by atoms with E-state index >= 15 is 0 Å². The van der Waals surface area contributed by atoms with Crippen LogP contribution >= 0.6 is 0 Å². The van der Waals surface area contributed by atoms with E-state index in [1.54, 1.807) is 4.90 Å². The van der Waals surface area contributed by atoms with Crippen molar-refractivity contribution in [2.45, 2.75) is 31.0 Å². The van der Waals surface area contributed by atoms with Crippen LogP contribution in [0.15, 0.2) is 29.3 Å². The number of carbonyl (C=O) groups is 1. The number of carbonyl (C=O) groups excluding carboxylic acids is 1. The molecule has 3 rings (SSSR count). The maximum absolute atomic E-state index is 14.0. The quantitative estimate of drug-likeness (QED) is 0.627. The molecule has 2 heterocycles. The van der Waals surface area contributed by atoms with Gasteiger partial charge >= 0.3 is 6.18 Å². The van der Waals surface area contributed by atoms with Crippen molar-refractivity contribution in [2.75, 3.05) is 42.7 Å². The molecule has 1 aliphatic heterocycles. The fourth-order valence-corrected chi connectivity index (χ4v) is 4.62. The molecule has 1 aliphatic rings. The number of benzene rings is 1. The number of anilines is 2. The maximum Gasteiger partial charge on any atom is 0.434 e. The number of hydrogen-bond donors (Lipinski definition) is 1. The van der Waals surface area contributed by atoms with Crippen LogP contribution in [0, 0.1) is 11.7 Å². The molecule has 13 heteroatoms. The Labute approximate surface area is 194 Å². The SMILES string of the molecule is CNC(=O)c1cnc(N2CCN(c3ccc(F)c(S(C)(=O)=O)c3)C[C@H]2C(C)C)nc1C(F)(F)F. The molecule has 8 nitrogen and oxygen atoms in total. The summed E-state index contributed by atoms with van der Waals surface area (Å²) >= 11 is 0. The minimum absolute atomic E-state index is 0.0471. The summed E-state index contributed by atoms with van der Waals surface area (Å²) in [6.45, 7) is 4.62. The molecule has 0 saturated carbocycles.